The van der Waals surface area contributed by atoms with E-state index in [4.69, 9.17) is 33.7 Å². The molecule has 0 amide bonds. The summed E-state index contributed by atoms with van der Waals surface area (Å²) in [5, 5.41) is 6.82. The maximum absolute atomic E-state index is 13.2. The molecule has 0 aliphatic heterocycles. The van der Waals surface area contributed by atoms with Gasteiger partial charge in [0.15, 0.2) is 5.69 Å². The van der Waals surface area contributed by atoms with Gasteiger partial charge in [0, 0.05) is 0 Å². The van der Waals surface area contributed by atoms with E-state index in [1.807, 2.05) is 0 Å². The second-order valence-electron chi connectivity index (χ2n) is 2.48. The first-order chi connectivity index (χ1) is 7.63. The lowest BCUT2D eigenvalue weighted by Crippen LogP contribution is -2.01. The van der Waals surface area contributed by atoms with E-state index in [1.54, 1.807) is 0 Å². The second kappa shape index (κ2) is 4.97. The average Bonchev–Trinajstić information content (AvgIpc) is 2.10. The third-order valence-electron chi connectivity index (χ3n) is 1.40. The normalized spacial score (nSPS) is 11.4. The van der Waals surface area contributed by atoms with Gasteiger partial charge in [0.1, 0.15) is 0 Å². The average molecular weight is 328 g/mol. The smallest absolute Gasteiger partial charge is 0.258 e. The summed E-state index contributed by atoms with van der Waals surface area (Å²) in [5.74, 6) is -5.62. The molecular weight excluding hydrogens is 328 g/mol. The number of aromatic nitrogens is 1. The molecule has 0 atom stereocenters. The van der Waals surface area contributed by atoms with Crippen molar-refractivity contribution in [3.8, 4) is 0 Å². The van der Waals surface area contributed by atoms with Crippen molar-refractivity contribution in [2.45, 2.75) is 0 Å². The Morgan fingerprint density at radius 3 is 2.18 bits per heavy atom. The molecule has 0 saturated carbocycles. The minimum absolute atomic E-state index is 1.31. The maximum atomic E-state index is 13.2. The molecule has 17 heavy (non-hydrogen) atoms. The lowest BCUT2D eigenvalue weighted by atomic mass is 10.3. The number of rotatable bonds is 2. The van der Waals surface area contributed by atoms with Gasteiger partial charge in [0.2, 0.25) is 10.9 Å². The van der Waals surface area contributed by atoms with E-state index in [0.717, 1.165) is 0 Å². The first-order valence-electron chi connectivity index (χ1n) is 3.53. The van der Waals surface area contributed by atoms with Crippen LogP contribution in [0.2, 0.25) is 0 Å². The Bertz CT molecular complexity index is 541. The molecule has 12 heteroatoms. The fourth-order valence-electron chi connectivity index (χ4n) is 0.854. The fraction of sp³-hybridized carbons (Fsp3) is 0. The number of pyridine rings is 1. The highest BCUT2D eigenvalue weighted by molar-refractivity contribution is 8.26. The third kappa shape index (κ3) is 3.45. The number of nitrogens with zero attached hydrogens (tertiary/aromatic N) is 3. The molecule has 0 unspecified atom stereocenters. The SMILES string of the molecule is O=[N+]([O-])c1c(F)nc(F)c(F)c1N=P(Cl)(Cl)Cl. The van der Waals surface area contributed by atoms with Crippen molar-refractivity contribution in [2.75, 3.05) is 0 Å². The van der Waals surface area contributed by atoms with Crippen LogP contribution in [0.1, 0.15) is 0 Å². The minimum atomic E-state index is -3.63. The van der Waals surface area contributed by atoms with Gasteiger partial charge in [-0.2, -0.15) is 18.2 Å². The zero-order chi connectivity index (χ0) is 13.4. The van der Waals surface area contributed by atoms with Gasteiger partial charge in [-0.3, -0.25) is 10.1 Å². The van der Waals surface area contributed by atoms with Crippen molar-refractivity contribution in [3.63, 3.8) is 0 Å². The molecule has 1 heterocycles. The Balaban J connectivity index is 3.72. The van der Waals surface area contributed by atoms with Gasteiger partial charge in [0.05, 0.1) is 4.92 Å². The fourth-order valence-corrected chi connectivity index (χ4v) is 1.94. The molecule has 0 spiro atoms. The summed E-state index contributed by atoms with van der Waals surface area (Å²) in [6, 6.07) is 0. The molecule has 0 fully saturated rings. The van der Waals surface area contributed by atoms with Crippen molar-refractivity contribution in [1.29, 1.82) is 0 Å². The molecular formula is C5Cl3F3N3O2P. The number of halogens is 6. The van der Waals surface area contributed by atoms with E-state index in [2.05, 4.69) is 9.73 Å². The topological polar surface area (TPSA) is 68.4 Å². The molecule has 0 N–H and O–H groups in total. The summed E-state index contributed by atoms with van der Waals surface area (Å²) in [7, 11) is 0. The molecule has 1 aromatic heterocycles. The highest BCUT2D eigenvalue weighted by Crippen LogP contribution is 2.67. The number of hydrogen-bond acceptors (Lipinski definition) is 4. The van der Waals surface area contributed by atoms with Crippen LogP contribution in [-0.4, -0.2) is 9.91 Å². The Kier molecular flexibility index (Phi) is 4.24. The van der Waals surface area contributed by atoms with E-state index in [9.17, 15) is 23.3 Å². The van der Waals surface area contributed by atoms with Crippen LogP contribution in [0.5, 0.6) is 0 Å². The molecule has 0 saturated heterocycles. The van der Waals surface area contributed by atoms with Gasteiger partial charge in [-0.1, -0.05) is 0 Å². The lowest BCUT2D eigenvalue weighted by molar-refractivity contribution is -0.387. The predicted molar refractivity (Wildman–Crippen MR) is 57.3 cm³/mol. The van der Waals surface area contributed by atoms with Gasteiger partial charge in [-0.25, -0.2) is 4.74 Å². The molecule has 1 rings (SSSR count). The van der Waals surface area contributed by atoms with Gasteiger partial charge in [-0.05, 0) is 33.7 Å². The van der Waals surface area contributed by atoms with E-state index in [-0.39, 0.29) is 0 Å². The highest BCUT2D eigenvalue weighted by Gasteiger charge is 2.30. The van der Waals surface area contributed by atoms with Crippen molar-refractivity contribution < 1.29 is 18.1 Å². The first kappa shape index (κ1) is 14.5. The van der Waals surface area contributed by atoms with Crippen LogP contribution in [0.3, 0.4) is 0 Å². The third-order valence-corrected chi connectivity index (χ3v) is 2.51. The number of nitro groups is 1. The first-order valence-corrected chi connectivity index (χ1v) is 7.99. The van der Waals surface area contributed by atoms with Gasteiger partial charge in [0.25, 0.3) is 11.9 Å². The van der Waals surface area contributed by atoms with Crippen LogP contribution < -0.4 is 0 Å². The summed E-state index contributed by atoms with van der Waals surface area (Å²) in [6.45, 7) is 0. The quantitative estimate of drug-likeness (QED) is 0.342. The van der Waals surface area contributed by atoms with E-state index >= 15 is 0 Å². The van der Waals surface area contributed by atoms with Crippen LogP contribution in [-0.2, 0) is 0 Å². The Morgan fingerprint density at radius 2 is 1.76 bits per heavy atom. The maximum Gasteiger partial charge on any atom is 0.352 e. The van der Waals surface area contributed by atoms with Crippen molar-refractivity contribution >= 4 is 50.2 Å². The standard InChI is InChI=1S/C5Cl3F3N3O2P/c6-17(7,8)13-2-1(9)4(10)12-5(11)3(2)14(15)16. The van der Waals surface area contributed by atoms with Gasteiger partial charge < -0.3 is 0 Å². The zero-order valence-corrected chi connectivity index (χ0v) is 10.5. The van der Waals surface area contributed by atoms with Gasteiger partial charge >= 0.3 is 5.69 Å². The summed E-state index contributed by atoms with van der Waals surface area (Å²) < 4.78 is 41.9. The van der Waals surface area contributed by atoms with Crippen LogP contribution >= 0.6 is 38.8 Å². The van der Waals surface area contributed by atoms with Gasteiger partial charge in [-0.15, -0.1) is 0 Å². The summed E-state index contributed by atoms with van der Waals surface area (Å²) in [6.07, 6.45) is 0. The monoisotopic (exact) mass is 327 g/mol. The largest absolute Gasteiger partial charge is 0.352 e. The molecule has 5 nitrogen and oxygen atoms in total. The Morgan fingerprint density at radius 1 is 1.24 bits per heavy atom. The summed E-state index contributed by atoms with van der Waals surface area (Å²) in [4.78, 5) is 11.5. The number of hydrogen-bond donors (Lipinski definition) is 0. The van der Waals surface area contributed by atoms with Crippen molar-refractivity contribution in [2.24, 2.45) is 4.74 Å². The highest BCUT2D eigenvalue weighted by atomic mass is 36.0. The molecule has 0 aliphatic rings. The molecule has 0 aromatic carbocycles. The molecule has 0 bridgehead atoms. The predicted octanol–water partition coefficient (Wildman–Crippen LogP) is 4.70. The second-order valence-corrected chi connectivity index (χ2v) is 9.48. The van der Waals surface area contributed by atoms with E-state index in [1.165, 1.54) is 0 Å². The van der Waals surface area contributed by atoms with Crippen LogP contribution in [0.4, 0.5) is 24.5 Å². The molecule has 0 radical (unpaired) electrons. The minimum Gasteiger partial charge on any atom is -0.258 e. The lowest BCUT2D eigenvalue weighted by Gasteiger charge is -2.03. The van der Waals surface area contributed by atoms with Crippen LogP contribution in [0.15, 0.2) is 4.74 Å². The Hall–Kier alpha value is -0.560. The van der Waals surface area contributed by atoms with Crippen LogP contribution in [0, 0.1) is 27.8 Å². The van der Waals surface area contributed by atoms with Crippen molar-refractivity contribution in [1.82, 2.24) is 4.98 Å². The van der Waals surface area contributed by atoms with Crippen molar-refractivity contribution in [3.05, 3.63) is 27.8 Å². The molecule has 94 valence electrons. The van der Waals surface area contributed by atoms with Crippen LogP contribution in [0.25, 0.3) is 0 Å². The summed E-state index contributed by atoms with van der Waals surface area (Å²) >= 11 is 15.7. The van der Waals surface area contributed by atoms with E-state index in [0.29, 0.717) is 0 Å². The molecule has 1 aromatic rings. The van der Waals surface area contributed by atoms with E-state index < -0.39 is 39.1 Å². The molecule has 0 aliphatic carbocycles. The Labute approximate surface area is 106 Å². The summed E-state index contributed by atoms with van der Waals surface area (Å²) in [5.41, 5.74) is -2.80. The zero-order valence-electron chi connectivity index (χ0n) is 7.37.